The second-order valence-electron chi connectivity index (χ2n) is 17.4. The number of amides is 1. The number of fused-ring (bicyclic) bond motifs is 5. The number of aromatic nitrogens is 2. The van der Waals surface area contributed by atoms with Crippen molar-refractivity contribution in [3.8, 4) is 29.0 Å². The van der Waals surface area contributed by atoms with E-state index in [4.69, 9.17) is 24.2 Å². The van der Waals surface area contributed by atoms with Crippen LogP contribution in [0.2, 0.25) is 0 Å². The first-order chi connectivity index (χ1) is 28.4. The summed E-state index contributed by atoms with van der Waals surface area (Å²) in [6.07, 6.45) is 2.47. The number of carbonyl (C=O) groups is 1. The number of hydrogen-bond donors (Lipinski definition) is 1. The summed E-state index contributed by atoms with van der Waals surface area (Å²) in [5.74, 6) is 0.645. The van der Waals surface area contributed by atoms with Gasteiger partial charge in [-0.15, -0.1) is 0 Å². The molecule has 0 spiro atoms. The largest absolute Gasteiger partial charge is 0.497 e. The summed E-state index contributed by atoms with van der Waals surface area (Å²) in [6.45, 7) is 8.32. The van der Waals surface area contributed by atoms with Crippen LogP contribution < -0.4 is 19.7 Å². The highest BCUT2D eigenvalue weighted by Crippen LogP contribution is 2.44. The van der Waals surface area contributed by atoms with E-state index in [1.54, 1.807) is 13.2 Å². The predicted molar refractivity (Wildman–Crippen MR) is 223 cm³/mol. The van der Waals surface area contributed by atoms with Gasteiger partial charge < -0.3 is 24.4 Å². The maximum Gasteiger partial charge on any atom is 0.410 e. The van der Waals surface area contributed by atoms with Crippen molar-refractivity contribution in [1.82, 2.24) is 19.8 Å². The Kier molecular flexibility index (Phi) is 9.94. The Morgan fingerprint density at radius 3 is 2.51 bits per heavy atom. The molecule has 2 unspecified atom stereocenters. The Morgan fingerprint density at radius 2 is 1.78 bits per heavy atom. The van der Waals surface area contributed by atoms with E-state index in [-0.39, 0.29) is 41.9 Å². The van der Waals surface area contributed by atoms with Crippen LogP contribution in [0.25, 0.3) is 32.8 Å². The first-order valence-electron chi connectivity index (χ1n) is 20.5. The molecule has 4 saturated heterocycles. The minimum absolute atomic E-state index is 0.00859. The van der Waals surface area contributed by atoms with E-state index in [1.165, 1.54) is 0 Å². The molecule has 2 bridgehead atoms. The number of methoxy groups -OCH3 is 1. The molecule has 4 aliphatic rings. The number of halogens is 2. The number of anilines is 2. The number of hydrogen-bond acceptors (Lipinski definition) is 10. The van der Waals surface area contributed by atoms with Gasteiger partial charge >= 0.3 is 12.1 Å². The number of nitrogens with one attached hydrogen (secondary N) is 1. The van der Waals surface area contributed by atoms with Crippen molar-refractivity contribution in [3.63, 3.8) is 0 Å². The van der Waals surface area contributed by atoms with Gasteiger partial charge in [-0.3, -0.25) is 9.80 Å². The third-order valence-electron chi connectivity index (χ3n) is 12.5. The minimum Gasteiger partial charge on any atom is -0.497 e. The Bertz CT molecular complexity index is 2460. The SMILES string of the molecule is COc1ccc(CNc2cc3ccccc3c(-c3ccc4c(N5CC6CCC(C5)N6C(=O)OC(C)(C)C)nc(OC[C@@]56CCCN5C[C@H](F)C6)nc4c3F)c2C#N)cc1. The highest BCUT2D eigenvalue weighted by molar-refractivity contribution is 6.05. The summed E-state index contributed by atoms with van der Waals surface area (Å²) in [4.78, 5) is 29.2. The molecule has 0 radical (unpaired) electrons. The van der Waals surface area contributed by atoms with Gasteiger partial charge in [-0.1, -0.05) is 42.5 Å². The van der Waals surface area contributed by atoms with Gasteiger partial charge in [0, 0.05) is 49.1 Å². The Labute approximate surface area is 342 Å². The summed E-state index contributed by atoms with van der Waals surface area (Å²) < 4.78 is 49.9. The molecule has 13 heteroatoms. The molecule has 5 heterocycles. The zero-order chi connectivity index (χ0) is 41.1. The third kappa shape index (κ3) is 7.22. The lowest BCUT2D eigenvalue weighted by Gasteiger charge is -2.42. The van der Waals surface area contributed by atoms with E-state index >= 15 is 4.39 Å². The summed E-state index contributed by atoms with van der Waals surface area (Å²) in [5, 5.41) is 16.2. The van der Waals surface area contributed by atoms with Crippen molar-refractivity contribution in [2.45, 2.75) is 88.8 Å². The molecule has 4 aromatic carbocycles. The lowest BCUT2D eigenvalue weighted by molar-refractivity contribution is 0.0122. The fourth-order valence-corrected chi connectivity index (χ4v) is 9.78. The molecular weight excluding hydrogens is 753 g/mol. The van der Waals surface area contributed by atoms with E-state index in [1.807, 2.05) is 86.3 Å². The number of alkyl halides is 1. The van der Waals surface area contributed by atoms with E-state index in [0.29, 0.717) is 60.6 Å². The zero-order valence-electron chi connectivity index (χ0n) is 33.9. The maximum absolute atomic E-state index is 17.6. The standard InChI is InChI=1S/C46H49F2N7O4/c1-45(2,3)59-44(56)55-31-12-13-32(55)26-53(25-31)42-36-17-16-35(40(48)41(36)51-43(52-42)58-27-46-18-7-19-54(46)24-30(47)21-46)39-34-9-6-5-8-29(34)20-38(37(39)22-49)50-23-28-10-14-33(57-4)15-11-28/h5-6,8-11,14-17,20,30-32,50H,7,12-13,18-19,21,23-27H2,1-4H3/t30-,31?,32?,46+/m1/s1. The molecular formula is C46H49F2N7O4. The average Bonchev–Trinajstić information content (AvgIpc) is 3.84. The lowest BCUT2D eigenvalue weighted by Crippen LogP contribution is -2.57. The number of nitrogens with zero attached hydrogens (tertiary/aromatic N) is 6. The normalized spacial score (nSPS) is 22.8. The molecule has 59 heavy (non-hydrogen) atoms. The average molecular weight is 802 g/mol. The van der Waals surface area contributed by atoms with Crippen LogP contribution in [0.5, 0.6) is 11.8 Å². The summed E-state index contributed by atoms with van der Waals surface area (Å²) in [7, 11) is 1.62. The lowest BCUT2D eigenvalue weighted by atomic mass is 9.91. The molecule has 5 aromatic rings. The van der Waals surface area contributed by atoms with Gasteiger partial charge in [0.1, 0.15) is 41.5 Å². The van der Waals surface area contributed by atoms with Crippen LogP contribution in [-0.2, 0) is 11.3 Å². The van der Waals surface area contributed by atoms with E-state index in [9.17, 15) is 14.4 Å². The molecule has 0 aliphatic carbocycles. The first kappa shape index (κ1) is 38.8. The van der Waals surface area contributed by atoms with Crippen LogP contribution in [0.4, 0.5) is 25.1 Å². The van der Waals surface area contributed by atoms with Gasteiger partial charge in [0.25, 0.3) is 0 Å². The van der Waals surface area contributed by atoms with E-state index < -0.39 is 23.1 Å². The smallest absolute Gasteiger partial charge is 0.410 e. The highest BCUT2D eigenvalue weighted by atomic mass is 19.1. The molecule has 306 valence electrons. The summed E-state index contributed by atoms with van der Waals surface area (Å²) in [5.41, 5.74) is 1.51. The molecule has 0 saturated carbocycles. The number of benzene rings is 4. The minimum atomic E-state index is -0.936. The van der Waals surface area contributed by atoms with Crippen molar-refractivity contribution in [1.29, 1.82) is 5.26 Å². The fraction of sp³-hybridized carbons (Fsp3) is 0.435. The second kappa shape index (κ2) is 15.1. The van der Waals surface area contributed by atoms with Gasteiger partial charge in [-0.2, -0.15) is 15.2 Å². The zero-order valence-corrected chi connectivity index (χ0v) is 33.9. The molecule has 4 atom stereocenters. The number of nitriles is 1. The van der Waals surface area contributed by atoms with Crippen LogP contribution in [0.1, 0.15) is 64.0 Å². The quantitative estimate of drug-likeness (QED) is 0.155. The fourth-order valence-electron chi connectivity index (χ4n) is 9.78. The van der Waals surface area contributed by atoms with Crippen molar-refractivity contribution in [2.24, 2.45) is 0 Å². The topological polar surface area (TPSA) is 116 Å². The Balaban J connectivity index is 1.13. The van der Waals surface area contributed by atoms with Crippen LogP contribution >= 0.6 is 0 Å². The van der Waals surface area contributed by atoms with Crippen molar-refractivity contribution < 1.29 is 27.8 Å². The predicted octanol–water partition coefficient (Wildman–Crippen LogP) is 8.62. The van der Waals surface area contributed by atoms with Crippen LogP contribution in [0, 0.1) is 17.1 Å². The first-order valence-corrected chi connectivity index (χ1v) is 20.5. The Hall–Kier alpha value is -5.74. The molecule has 9 rings (SSSR count). The van der Waals surface area contributed by atoms with Gasteiger partial charge in [0.05, 0.1) is 36.0 Å². The number of piperazine rings is 1. The molecule has 1 N–H and O–H groups in total. The summed E-state index contributed by atoms with van der Waals surface area (Å²) in [6, 6.07) is 22.9. The third-order valence-corrected chi connectivity index (χ3v) is 12.5. The van der Waals surface area contributed by atoms with Gasteiger partial charge in [-0.25, -0.2) is 13.6 Å². The maximum atomic E-state index is 17.6. The van der Waals surface area contributed by atoms with Crippen molar-refractivity contribution >= 4 is 39.3 Å². The molecule has 1 amide bonds. The number of carbonyl (C=O) groups excluding carboxylic acids is 1. The number of ether oxygens (including phenoxy) is 3. The monoisotopic (exact) mass is 801 g/mol. The number of rotatable bonds is 9. The van der Waals surface area contributed by atoms with Gasteiger partial charge in [0.2, 0.25) is 0 Å². The van der Waals surface area contributed by atoms with Gasteiger partial charge in [0.15, 0.2) is 5.82 Å². The molecule has 4 aliphatic heterocycles. The van der Waals surface area contributed by atoms with Crippen molar-refractivity contribution in [2.75, 3.05) is 50.1 Å². The molecule has 1 aromatic heterocycles. The van der Waals surface area contributed by atoms with Crippen molar-refractivity contribution in [3.05, 3.63) is 83.7 Å². The second-order valence-corrected chi connectivity index (χ2v) is 17.4. The Morgan fingerprint density at radius 1 is 1.02 bits per heavy atom. The molecule has 4 fully saturated rings. The van der Waals surface area contributed by atoms with Crippen LogP contribution in [0.15, 0.2) is 66.7 Å². The van der Waals surface area contributed by atoms with E-state index in [0.717, 1.165) is 54.3 Å². The summed E-state index contributed by atoms with van der Waals surface area (Å²) >= 11 is 0. The highest BCUT2D eigenvalue weighted by Gasteiger charge is 2.50. The molecule has 11 nitrogen and oxygen atoms in total. The van der Waals surface area contributed by atoms with Crippen LogP contribution in [0.3, 0.4) is 0 Å². The van der Waals surface area contributed by atoms with E-state index in [2.05, 4.69) is 21.2 Å². The van der Waals surface area contributed by atoms with Gasteiger partial charge in [-0.05, 0) is 93.6 Å². The van der Waals surface area contributed by atoms with Crippen LogP contribution in [-0.4, -0.2) is 95.2 Å².